The maximum Gasteiger partial charge on any atom is 0.417 e. The highest BCUT2D eigenvalue weighted by molar-refractivity contribution is 7.91. The second kappa shape index (κ2) is 11.4. The number of carbonyl (C=O) groups is 1. The summed E-state index contributed by atoms with van der Waals surface area (Å²) in [5.74, 6) is 0.574. The van der Waals surface area contributed by atoms with Gasteiger partial charge in [-0.15, -0.1) is 0 Å². The number of ether oxygens (including phenoxy) is 1. The Morgan fingerprint density at radius 3 is 2.13 bits per heavy atom. The fourth-order valence-electron chi connectivity index (χ4n) is 3.28. The molecular formula is C24H24F3N3O6S2. The first-order valence-corrected chi connectivity index (χ1v) is 13.9. The van der Waals surface area contributed by atoms with Crippen molar-refractivity contribution in [2.45, 2.75) is 20.9 Å². The molecule has 3 aromatic rings. The number of anilines is 1. The molecule has 0 radical (unpaired) electrons. The lowest BCUT2D eigenvalue weighted by Gasteiger charge is -2.19. The van der Waals surface area contributed by atoms with Crippen molar-refractivity contribution >= 4 is 31.6 Å². The van der Waals surface area contributed by atoms with E-state index in [-0.39, 0.29) is 11.4 Å². The highest BCUT2D eigenvalue weighted by Crippen LogP contribution is 2.36. The first-order valence-electron chi connectivity index (χ1n) is 10.9. The van der Waals surface area contributed by atoms with Gasteiger partial charge in [-0.25, -0.2) is 26.4 Å². The largest absolute Gasteiger partial charge is 0.497 e. The van der Waals surface area contributed by atoms with Crippen molar-refractivity contribution in [3.8, 4) is 5.75 Å². The molecule has 3 aromatic carbocycles. The van der Waals surface area contributed by atoms with Gasteiger partial charge in [0.25, 0.3) is 0 Å². The maximum absolute atomic E-state index is 13.6. The van der Waals surface area contributed by atoms with Crippen LogP contribution in [-0.4, -0.2) is 55.0 Å². The summed E-state index contributed by atoms with van der Waals surface area (Å²) in [5.41, 5.74) is -1.09. The van der Waals surface area contributed by atoms with Crippen LogP contribution in [0.15, 0.2) is 87.5 Å². The van der Waals surface area contributed by atoms with Gasteiger partial charge in [0.15, 0.2) is 0 Å². The molecule has 0 aliphatic heterocycles. The van der Waals surface area contributed by atoms with Gasteiger partial charge in [-0.2, -0.15) is 13.2 Å². The van der Waals surface area contributed by atoms with Crippen LogP contribution in [0.3, 0.4) is 0 Å². The van der Waals surface area contributed by atoms with Crippen LogP contribution >= 0.6 is 0 Å². The van der Waals surface area contributed by atoms with Crippen LogP contribution in [0.5, 0.6) is 5.75 Å². The molecule has 14 heteroatoms. The van der Waals surface area contributed by atoms with E-state index in [4.69, 9.17) is 4.74 Å². The number of rotatable bonds is 9. The summed E-state index contributed by atoms with van der Waals surface area (Å²) < 4.78 is 99.5. The second-order valence-electron chi connectivity index (χ2n) is 7.95. The van der Waals surface area contributed by atoms with E-state index in [1.54, 1.807) is 30.3 Å². The summed E-state index contributed by atoms with van der Waals surface area (Å²) in [6, 6.07) is 14.3. The van der Waals surface area contributed by atoms with Crippen molar-refractivity contribution in [3.63, 3.8) is 0 Å². The number of carbonyl (C=O) groups excluding carboxylic acids is 1. The number of sulfonamides is 1. The van der Waals surface area contributed by atoms with Crippen LogP contribution in [0.25, 0.3) is 0 Å². The van der Waals surface area contributed by atoms with Crippen LogP contribution in [-0.2, 0) is 26.0 Å². The number of alkyl halides is 3. The van der Waals surface area contributed by atoms with E-state index < -0.39 is 54.0 Å². The van der Waals surface area contributed by atoms with Crippen molar-refractivity contribution in [1.29, 1.82) is 0 Å². The number of hydrogen-bond donors (Lipinski definition) is 2. The van der Waals surface area contributed by atoms with E-state index in [1.165, 1.54) is 38.4 Å². The first kappa shape index (κ1) is 28.9. The van der Waals surface area contributed by atoms with Gasteiger partial charge in [0.2, 0.25) is 19.9 Å². The molecule has 0 aliphatic rings. The molecule has 2 N–H and O–H groups in total. The fraction of sp³-hybridized carbons (Fsp3) is 0.208. The van der Waals surface area contributed by atoms with Crippen LogP contribution in [0.2, 0.25) is 0 Å². The molecule has 2 amide bonds. The summed E-state index contributed by atoms with van der Waals surface area (Å²) in [5, 5.41) is 2.58. The highest BCUT2D eigenvalue weighted by atomic mass is 32.2. The van der Waals surface area contributed by atoms with Gasteiger partial charge >= 0.3 is 12.2 Å². The minimum atomic E-state index is -5.08. The molecule has 0 atom stereocenters. The Labute approximate surface area is 218 Å². The summed E-state index contributed by atoms with van der Waals surface area (Å²) in [6.07, 6.45) is -5.08. The number of benzene rings is 3. The Kier molecular flexibility index (Phi) is 8.69. The molecule has 0 aromatic heterocycles. The van der Waals surface area contributed by atoms with Crippen LogP contribution in [0.4, 0.5) is 23.7 Å². The molecular weight excluding hydrogens is 547 g/mol. The van der Waals surface area contributed by atoms with E-state index >= 15 is 0 Å². The lowest BCUT2D eigenvalue weighted by atomic mass is 10.2. The predicted octanol–water partition coefficient (Wildman–Crippen LogP) is 3.99. The van der Waals surface area contributed by atoms with Crippen molar-refractivity contribution in [2.24, 2.45) is 0 Å². The first-order chi connectivity index (χ1) is 17.8. The summed E-state index contributed by atoms with van der Waals surface area (Å²) in [7, 11) is -6.28. The Balaban J connectivity index is 1.78. The third-order valence-electron chi connectivity index (χ3n) is 5.34. The second-order valence-corrected chi connectivity index (χ2v) is 11.6. The number of sulfone groups is 1. The third kappa shape index (κ3) is 6.82. The van der Waals surface area contributed by atoms with Crippen molar-refractivity contribution in [1.82, 2.24) is 9.62 Å². The molecule has 0 bridgehead atoms. The van der Waals surface area contributed by atoms with Gasteiger partial charge in [0, 0.05) is 25.8 Å². The van der Waals surface area contributed by atoms with Gasteiger partial charge < -0.3 is 15.0 Å². The predicted molar refractivity (Wildman–Crippen MR) is 133 cm³/mol. The molecule has 0 saturated heterocycles. The average molecular weight is 572 g/mol. The average Bonchev–Trinajstić information content (AvgIpc) is 2.88. The number of nitrogens with one attached hydrogen (secondary N) is 2. The molecule has 38 heavy (non-hydrogen) atoms. The van der Waals surface area contributed by atoms with Gasteiger partial charge in [-0.3, -0.25) is 0 Å². The number of hydrogen-bond acceptors (Lipinski definition) is 6. The number of urea groups is 1. The lowest BCUT2D eigenvalue weighted by Crippen LogP contribution is -2.38. The topological polar surface area (TPSA) is 122 Å². The standard InChI is InChI=1S/C24H24F3N3O6S2/c1-30(23(31)29-17-8-10-18(36-2)11-9-17)15-14-28-38(34,35)22-16-20(12-13-21(22)24(25,26)27)37(32,33)19-6-4-3-5-7-19/h3-13,16,28H,14-15H2,1-2H3,(H,29,31). The van der Waals surface area contributed by atoms with Gasteiger partial charge in [0.05, 0.1) is 27.4 Å². The van der Waals surface area contributed by atoms with Crippen molar-refractivity contribution in [2.75, 3.05) is 32.6 Å². The Morgan fingerprint density at radius 1 is 0.921 bits per heavy atom. The minimum absolute atomic E-state index is 0.204. The zero-order valence-corrected chi connectivity index (χ0v) is 21.8. The molecule has 0 aliphatic carbocycles. The molecule has 0 fully saturated rings. The SMILES string of the molecule is COc1ccc(NC(=O)N(C)CCNS(=O)(=O)c2cc(S(=O)(=O)c3ccccc3)ccc2C(F)(F)F)cc1. The van der Waals surface area contributed by atoms with Gasteiger partial charge in [-0.05, 0) is 54.6 Å². The monoisotopic (exact) mass is 571 g/mol. The van der Waals surface area contributed by atoms with E-state index in [2.05, 4.69) is 5.32 Å². The number of nitrogens with zero attached hydrogens (tertiary/aromatic N) is 1. The van der Waals surface area contributed by atoms with Crippen molar-refractivity contribution in [3.05, 3.63) is 78.4 Å². The summed E-state index contributed by atoms with van der Waals surface area (Å²) in [4.78, 5) is 11.4. The van der Waals surface area contributed by atoms with E-state index in [0.717, 1.165) is 4.90 Å². The minimum Gasteiger partial charge on any atom is -0.497 e. The quantitative estimate of drug-likeness (QED) is 0.401. The van der Waals surface area contributed by atoms with Crippen LogP contribution in [0, 0.1) is 0 Å². The van der Waals surface area contributed by atoms with Crippen molar-refractivity contribution < 1.29 is 39.5 Å². The molecule has 0 unspecified atom stereocenters. The Morgan fingerprint density at radius 2 is 1.55 bits per heavy atom. The third-order valence-corrected chi connectivity index (χ3v) is 8.61. The van der Waals surface area contributed by atoms with E-state index in [9.17, 15) is 34.8 Å². The summed E-state index contributed by atoms with van der Waals surface area (Å²) in [6.45, 7) is -0.646. The van der Waals surface area contributed by atoms with E-state index in [1.807, 2.05) is 4.72 Å². The Bertz CT molecular complexity index is 1500. The zero-order chi connectivity index (χ0) is 28.1. The molecule has 3 rings (SSSR count). The normalized spacial score (nSPS) is 12.1. The number of methoxy groups -OCH3 is 1. The maximum atomic E-state index is 13.6. The molecule has 0 spiro atoms. The van der Waals surface area contributed by atoms with Gasteiger partial charge in [0.1, 0.15) is 5.75 Å². The number of amides is 2. The lowest BCUT2D eigenvalue weighted by molar-refractivity contribution is -0.139. The van der Waals surface area contributed by atoms with E-state index in [0.29, 0.717) is 29.6 Å². The fourth-order valence-corrected chi connectivity index (χ4v) is 5.94. The molecule has 9 nitrogen and oxygen atoms in total. The zero-order valence-electron chi connectivity index (χ0n) is 20.2. The summed E-state index contributed by atoms with van der Waals surface area (Å²) >= 11 is 0. The van der Waals surface area contributed by atoms with Crippen LogP contribution < -0.4 is 14.8 Å². The molecule has 204 valence electrons. The molecule has 0 heterocycles. The highest BCUT2D eigenvalue weighted by Gasteiger charge is 2.38. The molecule has 0 saturated carbocycles. The Hall–Kier alpha value is -3.62. The number of likely N-dealkylation sites (N-methyl/N-ethyl adjacent to an activating group) is 1. The van der Waals surface area contributed by atoms with Gasteiger partial charge in [-0.1, -0.05) is 18.2 Å². The smallest absolute Gasteiger partial charge is 0.417 e. The number of halogens is 3. The van der Waals surface area contributed by atoms with Crippen LogP contribution in [0.1, 0.15) is 5.56 Å².